The molecule has 0 saturated heterocycles. The van der Waals surface area contributed by atoms with Crippen molar-refractivity contribution >= 4 is 13.2 Å². The van der Waals surface area contributed by atoms with Crippen LogP contribution in [0, 0.1) is 0 Å². The third kappa shape index (κ3) is 6.90. The first kappa shape index (κ1) is 20.0. The summed E-state index contributed by atoms with van der Waals surface area (Å²) in [6.45, 7) is 6.53. The van der Waals surface area contributed by atoms with Crippen LogP contribution >= 0.6 is 7.60 Å². The number of unbranched alkanes of at least 4 members (excludes halogenated alkanes) is 2. The minimum atomic E-state index is -3.20. The Labute approximate surface area is 140 Å². The average molecular weight is 340 g/mol. The Morgan fingerprint density at radius 1 is 1.04 bits per heavy atom. The summed E-state index contributed by atoms with van der Waals surface area (Å²) in [4.78, 5) is 0. The Kier molecular flexibility index (Phi) is 9.23. The van der Waals surface area contributed by atoms with Crippen LogP contribution in [-0.2, 0) is 13.6 Å². The molecule has 0 radical (unpaired) electrons. The Morgan fingerprint density at radius 2 is 1.65 bits per heavy atom. The van der Waals surface area contributed by atoms with Crippen LogP contribution in [0.15, 0.2) is 30.1 Å². The summed E-state index contributed by atoms with van der Waals surface area (Å²) in [5.41, 5.74) is 2.04. The lowest BCUT2D eigenvalue weighted by molar-refractivity contribution is 0.229. The first-order chi connectivity index (χ1) is 11.1. The van der Waals surface area contributed by atoms with Crippen LogP contribution in [0.25, 0.3) is 5.57 Å². The molecule has 5 heteroatoms. The molecule has 0 aromatic heterocycles. The fourth-order valence-corrected chi connectivity index (χ4v) is 3.92. The summed E-state index contributed by atoms with van der Waals surface area (Å²) in [7, 11) is -1.56. The summed E-state index contributed by atoms with van der Waals surface area (Å²) < 4.78 is 28.8. The van der Waals surface area contributed by atoms with E-state index >= 15 is 0 Å². The Morgan fingerprint density at radius 3 is 2.13 bits per heavy atom. The van der Waals surface area contributed by atoms with E-state index in [1.165, 1.54) is 0 Å². The molecule has 0 unspecified atom stereocenters. The number of rotatable bonds is 11. The second-order valence-electron chi connectivity index (χ2n) is 5.22. The van der Waals surface area contributed by atoms with Crippen LogP contribution in [0.5, 0.6) is 5.75 Å². The summed E-state index contributed by atoms with van der Waals surface area (Å²) in [6.07, 6.45) is 4.18. The van der Waals surface area contributed by atoms with Crippen LogP contribution < -0.4 is 4.74 Å². The summed E-state index contributed by atoms with van der Waals surface area (Å²) >= 11 is 0. The van der Waals surface area contributed by atoms with Gasteiger partial charge in [-0.3, -0.25) is 4.57 Å². The van der Waals surface area contributed by atoms with Crippen LogP contribution in [-0.4, -0.2) is 20.3 Å². The summed E-state index contributed by atoms with van der Waals surface area (Å²) in [5, 5.41) is 0. The lowest BCUT2D eigenvalue weighted by atomic mass is 10.0. The Balaban J connectivity index is 3.10. The number of ether oxygens (including phenoxy) is 1. The van der Waals surface area contributed by atoms with Crippen molar-refractivity contribution in [3.05, 3.63) is 35.6 Å². The van der Waals surface area contributed by atoms with Crippen LogP contribution in [0.3, 0.4) is 0 Å². The van der Waals surface area contributed by atoms with E-state index < -0.39 is 7.60 Å². The van der Waals surface area contributed by atoms with E-state index in [4.69, 9.17) is 13.8 Å². The molecule has 0 saturated carbocycles. The molecule has 0 heterocycles. The van der Waals surface area contributed by atoms with Gasteiger partial charge in [0.05, 0.1) is 20.3 Å². The van der Waals surface area contributed by atoms with Crippen molar-refractivity contribution < 1.29 is 18.3 Å². The SMILES string of the molecule is CCCCC/C(=C\P(=O)(OCC)OCC)c1ccc(OC)cc1. The number of benzene rings is 1. The molecule has 0 aliphatic heterocycles. The van der Waals surface area contributed by atoms with Gasteiger partial charge < -0.3 is 13.8 Å². The molecular formula is C18H29O4P. The van der Waals surface area contributed by atoms with E-state index in [0.29, 0.717) is 13.2 Å². The Hall–Kier alpha value is -1.09. The van der Waals surface area contributed by atoms with Crippen molar-refractivity contribution in [3.63, 3.8) is 0 Å². The van der Waals surface area contributed by atoms with Gasteiger partial charge in [0.1, 0.15) is 5.75 Å². The van der Waals surface area contributed by atoms with Crippen molar-refractivity contribution in [1.82, 2.24) is 0 Å². The maximum absolute atomic E-state index is 12.8. The maximum atomic E-state index is 12.8. The molecule has 0 bridgehead atoms. The van der Waals surface area contributed by atoms with Crippen LogP contribution in [0.4, 0.5) is 0 Å². The molecule has 1 aromatic carbocycles. The van der Waals surface area contributed by atoms with Crippen molar-refractivity contribution in [2.75, 3.05) is 20.3 Å². The molecule has 4 nitrogen and oxygen atoms in total. The second kappa shape index (κ2) is 10.6. The van der Waals surface area contributed by atoms with Gasteiger partial charge in [0.2, 0.25) is 0 Å². The fraction of sp³-hybridized carbons (Fsp3) is 0.556. The van der Waals surface area contributed by atoms with Crippen molar-refractivity contribution in [1.29, 1.82) is 0 Å². The van der Waals surface area contributed by atoms with Crippen molar-refractivity contribution in [2.45, 2.75) is 46.5 Å². The first-order valence-corrected chi connectivity index (χ1v) is 9.94. The molecule has 0 amide bonds. The third-order valence-corrected chi connectivity index (χ3v) is 5.31. The lowest BCUT2D eigenvalue weighted by Crippen LogP contribution is -1.95. The molecule has 0 N–H and O–H groups in total. The molecule has 130 valence electrons. The number of methoxy groups -OCH3 is 1. The van der Waals surface area contributed by atoms with E-state index in [9.17, 15) is 4.57 Å². The van der Waals surface area contributed by atoms with E-state index in [2.05, 4.69) is 6.92 Å². The van der Waals surface area contributed by atoms with E-state index in [1.54, 1.807) is 12.9 Å². The Bertz CT molecular complexity index is 512. The lowest BCUT2D eigenvalue weighted by Gasteiger charge is -2.16. The minimum absolute atomic E-state index is 0.360. The normalized spacial score (nSPS) is 12.4. The zero-order valence-corrected chi connectivity index (χ0v) is 15.6. The zero-order chi connectivity index (χ0) is 17.1. The molecule has 23 heavy (non-hydrogen) atoms. The van der Waals surface area contributed by atoms with Gasteiger partial charge in [-0.15, -0.1) is 0 Å². The van der Waals surface area contributed by atoms with Gasteiger partial charge >= 0.3 is 7.60 Å². The predicted octanol–water partition coefficient (Wildman–Crippen LogP) is 5.88. The van der Waals surface area contributed by atoms with Crippen LogP contribution in [0.2, 0.25) is 0 Å². The molecule has 0 fully saturated rings. The number of hydrogen-bond acceptors (Lipinski definition) is 4. The van der Waals surface area contributed by atoms with Gasteiger partial charge in [0, 0.05) is 5.82 Å². The quantitative estimate of drug-likeness (QED) is 0.372. The molecule has 1 aromatic rings. The predicted molar refractivity (Wildman–Crippen MR) is 96.0 cm³/mol. The topological polar surface area (TPSA) is 44.8 Å². The van der Waals surface area contributed by atoms with Gasteiger partial charge in [-0.1, -0.05) is 31.9 Å². The molecule has 1 rings (SSSR count). The van der Waals surface area contributed by atoms with Crippen molar-refractivity contribution in [2.24, 2.45) is 0 Å². The van der Waals surface area contributed by atoms with E-state index in [0.717, 1.165) is 42.6 Å². The molecule has 0 aliphatic rings. The van der Waals surface area contributed by atoms with Gasteiger partial charge in [-0.25, -0.2) is 0 Å². The highest BCUT2D eigenvalue weighted by atomic mass is 31.2. The monoisotopic (exact) mass is 340 g/mol. The highest BCUT2D eigenvalue weighted by Gasteiger charge is 2.21. The third-order valence-electron chi connectivity index (χ3n) is 3.44. The molecule has 0 atom stereocenters. The number of hydrogen-bond donors (Lipinski definition) is 0. The largest absolute Gasteiger partial charge is 0.497 e. The standard InChI is InChI=1S/C18H29O4P/c1-5-8-9-10-17(15-23(19,21-6-2)22-7-3)16-11-13-18(20-4)14-12-16/h11-15H,5-10H2,1-4H3/b17-15+. The van der Waals surface area contributed by atoms with Gasteiger partial charge in [-0.2, -0.15) is 0 Å². The smallest absolute Gasteiger partial charge is 0.354 e. The zero-order valence-electron chi connectivity index (χ0n) is 14.7. The summed E-state index contributed by atoms with van der Waals surface area (Å²) in [5.74, 6) is 2.50. The van der Waals surface area contributed by atoms with Crippen molar-refractivity contribution in [3.8, 4) is 5.75 Å². The second-order valence-corrected chi connectivity index (χ2v) is 7.07. The highest BCUT2D eigenvalue weighted by Crippen LogP contribution is 2.52. The fourth-order valence-electron chi connectivity index (χ4n) is 2.32. The first-order valence-electron chi connectivity index (χ1n) is 8.33. The van der Waals surface area contributed by atoms with Gasteiger partial charge in [-0.05, 0) is 50.0 Å². The van der Waals surface area contributed by atoms with E-state index in [-0.39, 0.29) is 0 Å². The van der Waals surface area contributed by atoms with E-state index in [1.807, 2.05) is 38.1 Å². The van der Waals surface area contributed by atoms with Crippen LogP contribution in [0.1, 0.15) is 52.0 Å². The number of allylic oxidation sites excluding steroid dienone is 1. The van der Waals surface area contributed by atoms with Gasteiger partial charge in [0.25, 0.3) is 0 Å². The highest BCUT2D eigenvalue weighted by molar-refractivity contribution is 7.57. The maximum Gasteiger partial charge on any atom is 0.354 e. The molecule has 0 aliphatic carbocycles. The molecular weight excluding hydrogens is 311 g/mol. The molecule has 0 spiro atoms. The summed E-state index contributed by atoms with van der Waals surface area (Å²) in [6, 6.07) is 7.79. The minimum Gasteiger partial charge on any atom is -0.497 e. The van der Waals surface area contributed by atoms with Gasteiger partial charge in [0.15, 0.2) is 0 Å². The average Bonchev–Trinajstić information content (AvgIpc) is 2.54.